The highest BCUT2D eigenvalue weighted by molar-refractivity contribution is 6.26. The maximum Gasteiger partial charge on any atom is 0.111 e. The summed E-state index contributed by atoms with van der Waals surface area (Å²) in [6.07, 6.45) is 0. The van der Waals surface area contributed by atoms with Gasteiger partial charge in [-0.05, 0) is 108 Å². The lowest BCUT2D eigenvalue weighted by atomic mass is 9.84. The van der Waals surface area contributed by atoms with Crippen molar-refractivity contribution in [1.29, 1.82) is 0 Å². The minimum atomic E-state index is -0.427. The van der Waals surface area contributed by atoms with Gasteiger partial charge in [0.15, 0.2) is 0 Å². The van der Waals surface area contributed by atoms with Gasteiger partial charge in [-0.1, -0.05) is 127 Å². The Kier molecular flexibility index (Phi) is 3.87. The molecule has 1 heterocycles. The van der Waals surface area contributed by atoms with Gasteiger partial charge >= 0.3 is 0 Å². The van der Waals surface area contributed by atoms with Gasteiger partial charge in [0.25, 0.3) is 0 Å². The second-order valence-electron chi connectivity index (χ2n) is 11.7. The number of imidazole rings is 1. The molecule has 1 aliphatic rings. The highest BCUT2D eigenvalue weighted by Crippen LogP contribution is 2.51. The predicted molar refractivity (Wildman–Crippen MR) is 194 cm³/mol. The van der Waals surface area contributed by atoms with Gasteiger partial charge in [-0.2, -0.15) is 0 Å². The van der Waals surface area contributed by atoms with Crippen molar-refractivity contribution in [2.24, 2.45) is 0 Å². The Morgan fingerprint density at radius 2 is 1.11 bits per heavy atom. The second-order valence-corrected chi connectivity index (χ2v) is 11.7. The molecule has 214 valence electrons. The van der Waals surface area contributed by atoms with E-state index in [0.29, 0.717) is 22.3 Å². The van der Waals surface area contributed by atoms with E-state index in [1.807, 2.05) is 96.4 Å². The average Bonchev–Trinajstić information content (AvgIpc) is 3.71. The predicted octanol–water partition coefficient (Wildman–Crippen LogP) is 11.8. The first-order chi connectivity index (χ1) is 26.1. The number of benzene rings is 8. The van der Waals surface area contributed by atoms with Gasteiger partial charge in [0.2, 0.25) is 0 Å². The summed E-state index contributed by atoms with van der Waals surface area (Å²) in [5.41, 5.74) is 8.51. The Bertz CT molecular complexity index is 3050. The maximum atomic E-state index is 9.46. The van der Waals surface area contributed by atoms with Gasteiger partial charge < -0.3 is 0 Å². The third kappa shape index (κ3) is 3.44. The van der Waals surface area contributed by atoms with E-state index in [2.05, 4.69) is 18.2 Å². The molecule has 0 bridgehead atoms. The average molecular weight is 593 g/mol. The molecule has 0 fully saturated rings. The Morgan fingerprint density at radius 1 is 0.522 bits per heavy atom. The molecule has 0 unspecified atom stereocenters. The van der Waals surface area contributed by atoms with E-state index in [4.69, 9.17) is 10.5 Å². The van der Waals surface area contributed by atoms with Crippen LogP contribution in [-0.4, -0.2) is 9.55 Å². The van der Waals surface area contributed by atoms with Crippen molar-refractivity contribution in [3.05, 3.63) is 157 Å². The van der Waals surface area contributed by atoms with Crippen molar-refractivity contribution >= 4 is 43.4 Å². The van der Waals surface area contributed by atoms with Crippen LogP contribution in [0.2, 0.25) is 0 Å². The molecule has 10 rings (SSSR count). The van der Waals surface area contributed by atoms with Crippen LogP contribution in [0.3, 0.4) is 0 Å². The van der Waals surface area contributed by atoms with Crippen molar-refractivity contribution in [1.82, 2.24) is 9.55 Å². The molecular weight excluding hydrogens is 556 g/mol. The third-order valence-electron chi connectivity index (χ3n) is 9.31. The summed E-state index contributed by atoms with van der Waals surface area (Å²) in [5.74, 6) is 0.747. The Balaban J connectivity index is 1.41. The van der Waals surface area contributed by atoms with E-state index >= 15 is 0 Å². The fraction of sp³-hybridized carbons (Fsp3) is 0.0227. The molecule has 1 aromatic heterocycles. The van der Waals surface area contributed by atoms with Crippen LogP contribution in [0.15, 0.2) is 151 Å². The number of rotatable bonds is 3. The number of aryl methyl sites for hydroxylation is 1. The highest BCUT2D eigenvalue weighted by Gasteiger charge is 2.24. The number of aromatic nitrogens is 2. The van der Waals surface area contributed by atoms with Gasteiger partial charge in [-0.25, -0.2) is 4.98 Å². The van der Waals surface area contributed by atoms with Crippen LogP contribution in [0.1, 0.15) is 16.8 Å². The summed E-state index contributed by atoms with van der Waals surface area (Å²) in [6, 6.07) is 30.6. The molecule has 0 aliphatic heterocycles. The lowest BCUT2D eigenvalue weighted by molar-refractivity contribution is 1.00. The van der Waals surface area contributed by atoms with Crippen molar-refractivity contribution in [3.8, 4) is 50.2 Å². The lowest BCUT2D eigenvalue weighted by Crippen LogP contribution is -1.97. The van der Waals surface area contributed by atoms with Gasteiger partial charge in [0, 0.05) is 5.69 Å². The van der Waals surface area contributed by atoms with E-state index in [-0.39, 0.29) is 45.7 Å². The molecule has 46 heavy (non-hydrogen) atoms. The molecule has 1 aliphatic carbocycles. The fourth-order valence-electron chi connectivity index (χ4n) is 7.48. The minimum Gasteiger partial charge on any atom is -0.297 e. The summed E-state index contributed by atoms with van der Waals surface area (Å²) in [5, 5.41) is 2.56. The van der Waals surface area contributed by atoms with Crippen LogP contribution in [0.25, 0.3) is 93.5 Å². The summed E-state index contributed by atoms with van der Waals surface area (Å²) >= 11 is 0. The van der Waals surface area contributed by atoms with E-state index in [9.17, 15) is 5.48 Å². The summed E-state index contributed by atoms with van der Waals surface area (Å²) in [6.45, 7) is 1.91. The van der Waals surface area contributed by atoms with E-state index in [1.165, 1.54) is 0 Å². The van der Waals surface area contributed by atoms with Gasteiger partial charge in [0.1, 0.15) is 5.82 Å². The monoisotopic (exact) mass is 592 g/mol. The van der Waals surface area contributed by atoms with Crippen LogP contribution < -0.4 is 0 Å². The molecule has 0 amide bonds. The first kappa shape index (κ1) is 18.7. The lowest BCUT2D eigenvalue weighted by Gasteiger charge is -2.19. The first-order valence-corrected chi connectivity index (χ1v) is 15.2. The standard InChI is InChI=1S/C44H28N2/c1-27-45-40-22-8-9-23-41(40)46(27)29-13-10-12-28(26-29)42-33-16-4-6-18-35(33)44(36-19-7-5-17-34(36)42)39-25-24-38-31-15-3-2-14-30(31)32-20-11-21-37(39)43(32)38/h2-26H,1H3/i4D,5D,6D,7D,16D,17D,18D,19D. The van der Waals surface area contributed by atoms with Gasteiger partial charge in [-0.3, -0.25) is 4.57 Å². The molecule has 2 nitrogen and oxygen atoms in total. The number of hydrogen-bond donors (Lipinski definition) is 0. The molecular formula is C44H28N2. The molecule has 0 atom stereocenters. The van der Waals surface area contributed by atoms with Crippen LogP contribution in [0.4, 0.5) is 0 Å². The number of fused-ring (bicyclic) bond motifs is 6. The van der Waals surface area contributed by atoms with Crippen molar-refractivity contribution in [2.75, 3.05) is 0 Å². The molecule has 0 spiro atoms. The zero-order chi connectivity index (χ0) is 37.3. The van der Waals surface area contributed by atoms with Crippen molar-refractivity contribution in [3.63, 3.8) is 0 Å². The van der Waals surface area contributed by atoms with Crippen molar-refractivity contribution < 1.29 is 11.0 Å². The third-order valence-corrected chi connectivity index (χ3v) is 9.31. The molecule has 8 aromatic carbocycles. The highest BCUT2D eigenvalue weighted by atomic mass is 15.1. The van der Waals surface area contributed by atoms with Gasteiger partial charge in [-0.15, -0.1) is 0 Å². The van der Waals surface area contributed by atoms with Crippen LogP contribution >= 0.6 is 0 Å². The first-order valence-electron chi connectivity index (χ1n) is 19.2. The minimum absolute atomic E-state index is 0.185. The molecule has 0 saturated carbocycles. The number of para-hydroxylation sites is 2. The fourth-order valence-corrected chi connectivity index (χ4v) is 7.48. The SMILES string of the molecule is [2H]c1c([2H])c([2H])c2c(-c3ccc4c5c(cccc35)-c3ccccc3-4)c3c([2H])c([2H])c([2H])c([2H])c3c(-c3cccc(-n4c(C)nc5ccccc54)c3)c2c1[2H]. The smallest absolute Gasteiger partial charge is 0.111 e. The van der Waals surface area contributed by atoms with Gasteiger partial charge in [0.05, 0.1) is 22.0 Å². The van der Waals surface area contributed by atoms with E-state index in [1.54, 1.807) is 0 Å². The zero-order valence-corrected chi connectivity index (χ0v) is 24.7. The Hall–Kier alpha value is -5.99. The van der Waals surface area contributed by atoms with Crippen LogP contribution in [-0.2, 0) is 0 Å². The zero-order valence-electron chi connectivity index (χ0n) is 32.7. The topological polar surface area (TPSA) is 17.8 Å². The molecule has 0 saturated heterocycles. The molecule has 0 N–H and O–H groups in total. The Labute approximate surface area is 278 Å². The number of hydrogen-bond acceptors (Lipinski definition) is 1. The number of nitrogens with zero attached hydrogens (tertiary/aromatic N) is 2. The summed E-state index contributed by atoms with van der Waals surface area (Å²) in [4.78, 5) is 4.75. The summed E-state index contributed by atoms with van der Waals surface area (Å²) in [7, 11) is 0. The largest absolute Gasteiger partial charge is 0.297 e. The van der Waals surface area contributed by atoms with Crippen molar-refractivity contribution in [2.45, 2.75) is 6.92 Å². The van der Waals surface area contributed by atoms with E-state index < -0.39 is 24.2 Å². The Morgan fingerprint density at radius 3 is 1.85 bits per heavy atom. The molecule has 0 radical (unpaired) electrons. The molecule has 2 heteroatoms. The second kappa shape index (κ2) is 9.50. The van der Waals surface area contributed by atoms with E-state index in [0.717, 1.165) is 55.6 Å². The van der Waals surface area contributed by atoms with Crippen LogP contribution in [0, 0.1) is 6.92 Å². The van der Waals surface area contributed by atoms with Crippen LogP contribution in [0.5, 0.6) is 0 Å². The summed E-state index contributed by atoms with van der Waals surface area (Å²) < 4.78 is 75.3. The maximum absolute atomic E-state index is 9.46. The normalized spacial score (nSPS) is 14.5. The molecule has 9 aromatic rings. The quantitative estimate of drug-likeness (QED) is 0.187.